The van der Waals surface area contributed by atoms with E-state index in [-0.39, 0.29) is 5.56 Å². The van der Waals surface area contributed by atoms with Crippen LogP contribution in [0.2, 0.25) is 0 Å². The Balaban J connectivity index is 2.55. The first-order chi connectivity index (χ1) is 9.64. The molecule has 6 N–H and O–H groups in total. The molecule has 1 saturated heterocycles. The zero-order valence-electron chi connectivity index (χ0n) is 10.3. The van der Waals surface area contributed by atoms with Gasteiger partial charge in [-0.1, -0.05) is 0 Å². The Morgan fingerprint density at radius 3 is 2.38 bits per heavy atom. The quantitative estimate of drug-likeness (QED) is 0.305. The van der Waals surface area contributed by atoms with Gasteiger partial charge in [-0.2, -0.15) is 8.42 Å². The van der Waals surface area contributed by atoms with Crippen molar-refractivity contribution in [1.82, 2.24) is 9.97 Å². The van der Waals surface area contributed by atoms with E-state index in [1.54, 1.807) is 0 Å². The molecule has 4 atom stereocenters. The van der Waals surface area contributed by atoms with Gasteiger partial charge in [0.25, 0.3) is 15.7 Å². The summed E-state index contributed by atoms with van der Waals surface area (Å²) in [6, 6.07) is 0. The van der Waals surface area contributed by atoms with Crippen molar-refractivity contribution in [2.75, 3.05) is 6.61 Å². The van der Waals surface area contributed by atoms with Crippen LogP contribution in [0.4, 0.5) is 0 Å². The molecule has 12 heteroatoms. The number of hydrogen-bond acceptors (Lipinski definition) is 8. The minimum atomic E-state index is -5.12. The van der Waals surface area contributed by atoms with E-state index >= 15 is 0 Å². The van der Waals surface area contributed by atoms with Crippen LogP contribution in [-0.2, 0) is 14.9 Å². The SMILES string of the molecule is O=c1[nH]cc([C@@H]2O[C@@](CO)(S(=O)(=O)O)[C@@H](O)[C@H]2O)c(=O)[nH]1. The van der Waals surface area contributed by atoms with Crippen molar-refractivity contribution < 1.29 is 33.0 Å². The molecule has 21 heavy (non-hydrogen) atoms. The highest BCUT2D eigenvalue weighted by Gasteiger charge is 2.62. The molecule has 0 aliphatic carbocycles. The second-order valence-corrected chi connectivity index (χ2v) is 6.09. The van der Waals surface area contributed by atoms with Crippen molar-refractivity contribution in [3.8, 4) is 0 Å². The number of H-pyrrole nitrogens is 2. The van der Waals surface area contributed by atoms with Gasteiger partial charge in [0.1, 0.15) is 18.3 Å². The summed E-state index contributed by atoms with van der Waals surface area (Å²) in [7, 11) is -5.12. The molecule has 0 aromatic carbocycles. The molecule has 0 saturated carbocycles. The molecule has 1 fully saturated rings. The van der Waals surface area contributed by atoms with Gasteiger partial charge in [0.05, 0.1) is 12.2 Å². The lowest BCUT2D eigenvalue weighted by Crippen LogP contribution is -2.52. The second-order valence-electron chi connectivity index (χ2n) is 4.45. The standard InChI is InChI=1S/C9H12N2O9S/c12-2-9(21(17,18)19)6(14)4(13)5(20-9)3-1-10-8(16)11-7(3)15/h1,4-6,12-14H,2H2,(H,17,18,19)(H2,10,11,15,16)/t4-,5-,6-,9-/m0/s1. The summed E-state index contributed by atoms with van der Waals surface area (Å²) in [5, 5.41) is 28.7. The van der Waals surface area contributed by atoms with E-state index in [0.717, 1.165) is 6.20 Å². The van der Waals surface area contributed by atoms with Gasteiger partial charge in [-0.05, 0) is 0 Å². The lowest BCUT2D eigenvalue weighted by atomic mass is 10.0. The van der Waals surface area contributed by atoms with Crippen LogP contribution in [-0.4, -0.2) is 62.0 Å². The molecule has 1 aromatic rings. The summed E-state index contributed by atoms with van der Waals surface area (Å²) in [6.07, 6.45) is -4.98. The highest BCUT2D eigenvalue weighted by atomic mass is 32.2. The summed E-state index contributed by atoms with van der Waals surface area (Å²) >= 11 is 0. The highest BCUT2D eigenvalue weighted by Crippen LogP contribution is 2.41. The number of aliphatic hydroxyl groups is 3. The van der Waals surface area contributed by atoms with Crippen LogP contribution in [0.15, 0.2) is 15.8 Å². The molecule has 118 valence electrons. The van der Waals surface area contributed by atoms with Crippen molar-refractivity contribution in [2.45, 2.75) is 23.2 Å². The van der Waals surface area contributed by atoms with Crippen LogP contribution in [0.1, 0.15) is 11.7 Å². The summed E-state index contributed by atoms with van der Waals surface area (Å²) in [6.45, 7) is -1.36. The minimum Gasteiger partial charge on any atom is -0.392 e. The third-order valence-corrected chi connectivity index (χ3v) is 4.56. The zero-order chi connectivity index (χ0) is 16.0. The van der Waals surface area contributed by atoms with Gasteiger partial charge >= 0.3 is 5.69 Å². The fraction of sp³-hybridized carbons (Fsp3) is 0.556. The third kappa shape index (κ3) is 2.31. The van der Waals surface area contributed by atoms with Crippen LogP contribution in [0.5, 0.6) is 0 Å². The molecule has 0 spiro atoms. The van der Waals surface area contributed by atoms with Crippen LogP contribution < -0.4 is 11.2 Å². The third-order valence-electron chi connectivity index (χ3n) is 3.22. The van der Waals surface area contributed by atoms with Crippen molar-refractivity contribution >= 4 is 10.1 Å². The average Bonchev–Trinajstić information content (AvgIpc) is 2.63. The van der Waals surface area contributed by atoms with Crippen molar-refractivity contribution in [3.63, 3.8) is 0 Å². The number of aromatic nitrogens is 2. The van der Waals surface area contributed by atoms with E-state index in [9.17, 15) is 28.2 Å². The van der Waals surface area contributed by atoms with Gasteiger partial charge in [-0.25, -0.2) is 4.79 Å². The maximum atomic E-state index is 11.6. The van der Waals surface area contributed by atoms with Crippen LogP contribution >= 0.6 is 0 Å². The Morgan fingerprint density at radius 2 is 1.95 bits per heavy atom. The molecule has 2 heterocycles. The normalized spacial score (nSPS) is 33.2. The first-order valence-corrected chi connectivity index (χ1v) is 7.02. The van der Waals surface area contributed by atoms with Crippen LogP contribution in [0, 0.1) is 0 Å². The summed E-state index contributed by atoms with van der Waals surface area (Å²) in [5.74, 6) is 0. The van der Waals surface area contributed by atoms with Crippen molar-refractivity contribution in [1.29, 1.82) is 0 Å². The first-order valence-electron chi connectivity index (χ1n) is 5.58. The number of nitrogens with one attached hydrogen (secondary N) is 2. The maximum Gasteiger partial charge on any atom is 0.325 e. The number of aliphatic hydroxyl groups excluding tert-OH is 3. The molecule has 11 nitrogen and oxygen atoms in total. The Hall–Kier alpha value is -1.57. The zero-order valence-corrected chi connectivity index (χ0v) is 11.1. The van der Waals surface area contributed by atoms with Crippen molar-refractivity contribution in [3.05, 3.63) is 32.6 Å². The van der Waals surface area contributed by atoms with E-state index < -0.39 is 51.2 Å². The highest BCUT2D eigenvalue weighted by molar-refractivity contribution is 7.87. The second kappa shape index (κ2) is 5.01. The molecule has 1 aliphatic rings. The Morgan fingerprint density at radius 1 is 1.33 bits per heavy atom. The fourth-order valence-electron chi connectivity index (χ4n) is 2.08. The van der Waals surface area contributed by atoms with Crippen LogP contribution in [0.3, 0.4) is 0 Å². The lowest BCUT2D eigenvalue weighted by molar-refractivity contribution is -0.0597. The maximum absolute atomic E-state index is 11.6. The lowest BCUT2D eigenvalue weighted by Gasteiger charge is -2.26. The van der Waals surface area contributed by atoms with Gasteiger partial charge in [-0.3, -0.25) is 14.3 Å². The van der Waals surface area contributed by atoms with E-state index in [0.29, 0.717) is 0 Å². The largest absolute Gasteiger partial charge is 0.392 e. The van der Waals surface area contributed by atoms with Gasteiger partial charge < -0.3 is 25.0 Å². The van der Waals surface area contributed by atoms with E-state index in [1.807, 2.05) is 4.98 Å². The fourth-order valence-corrected chi connectivity index (χ4v) is 2.92. The minimum absolute atomic E-state index is 0.389. The number of hydrogen-bond donors (Lipinski definition) is 6. The van der Waals surface area contributed by atoms with Gasteiger partial charge in [0.2, 0.25) is 4.93 Å². The van der Waals surface area contributed by atoms with E-state index in [4.69, 9.17) is 14.4 Å². The summed E-state index contributed by atoms with van der Waals surface area (Å²) < 4.78 is 36.6. The Labute approximate surface area is 116 Å². The Kier molecular flexibility index (Phi) is 3.77. The molecular formula is C9H12N2O9S. The van der Waals surface area contributed by atoms with E-state index in [1.165, 1.54) is 0 Å². The predicted octanol–water partition coefficient (Wildman–Crippen LogP) is -3.57. The molecule has 0 radical (unpaired) electrons. The molecule has 0 amide bonds. The monoisotopic (exact) mass is 324 g/mol. The van der Waals surface area contributed by atoms with Gasteiger partial charge in [-0.15, -0.1) is 0 Å². The average molecular weight is 324 g/mol. The van der Waals surface area contributed by atoms with Gasteiger partial charge in [0, 0.05) is 6.20 Å². The van der Waals surface area contributed by atoms with Crippen LogP contribution in [0.25, 0.3) is 0 Å². The molecule has 2 rings (SSSR count). The van der Waals surface area contributed by atoms with Gasteiger partial charge in [0.15, 0.2) is 0 Å². The summed E-state index contributed by atoms with van der Waals surface area (Å²) in [5.41, 5.74) is -2.22. The number of ether oxygens (including phenoxy) is 1. The molecular weight excluding hydrogens is 312 g/mol. The van der Waals surface area contributed by atoms with Crippen molar-refractivity contribution in [2.24, 2.45) is 0 Å². The number of aromatic amines is 2. The Bertz CT molecular complexity index is 753. The molecule has 1 aromatic heterocycles. The van der Waals surface area contributed by atoms with E-state index in [2.05, 4.69) is 4.98 Å². The molecule has 0 unspecified atom stereocenters. The summed E-state index contributed by atoms with van der Waals surface area (Å²) in [4.78, 5) is 23.5. The first kappa shape index (κ1) is 15.8. The predicted molar refractivity (Wildman–Crippen MR) is 64.9 cm³/mol. The topological polar surface area (TPSA) is 190 Å². The number of rotatable bonds is 3. The molecule has 1 aliphatic heterocycles. The molecule has 0 bridgehead atoms. The smallest absolute Gasteiger partial charge is 0.325 e.